The van der Waals surface area contributed by atoms with Crippen molar-refractivity contribution in [2.24, 2.45) is 5.92 Å². The lowest BCUT2D eigenvalue weighted by molar-refractivity contribution is -0.0395. The Balaban J connectivity index is 3.71. The first kappa shape index (κ1) is 14.0. The molecule has 1 nitrogen and oxygen atoms in total. The van der Waals surface area contributed by atoms with Gasteiger partial charge in [-0.05, 0) is 32.6 Å². The third-order valence-electron chi connectivity index (χ3n) is 3.10. The van der Waals surface area contributed by atoms with Crippen LogP contribution in [0.15, 0.2) is 0 Å². The molecule has 14 heavy (non-hydrogen) atoms. The van der Waals surface area contributed by atoms with Gasteiger partial charge in [0.15, 0.2) is 0 Å². The zero-order valence-corrected chi connectivity index (χ0v) is 10.7. The van der Waals surface area contributed by atoms with Gasteiger partial charge in [-0.1, -0.05) is 40.0 Å². The minimum absolute atomic E-state index is 0.0691. The Morgan fingerprint density at radius 3 is 2.21 bits per heavy atom. The Hall–Kier alpha value is -0.0400. The normalized spacial score (nSPS) is 14.4. The van der Waals surface area contributed by atoms with Crippen molar-refractivity contribution in [2.45, 2.75) is 72.3 Å². The summed E-state index contributed by atoms with van der Waals surface area (Å²) in [7, 11) is 0. The SMILES string of the molecule is CCCCC(CC)COC(C)(C)CC. The molecule has 0 aromatic rings. The summed E-state index contributed by atoms with van der Waals surface area (Å²) in [6.07, 6.45) is 6.31. The van der Waals surface area contributed by atoms with Crippen LogP contribution in [-0.4, -0.2) is 12.2 Å². The van der Waals surface area contributed by atoms with E-state index < -0.39 is 0 Å². The van der Waals surface area contributed by atoms with Gasteiger partial charge in [0.25, 0.3) is 0 Å². The zero-order valence-electron chi connectivity index (χ0n) is 10.7. The molecular weight excluding hydrogens is 172 g/mol. The fraction of sp³-hybridized carbons (Fsp3) is 1.00. The third kappa shape index (κ3) is 6.42. The molecule has 0 radical (unpaired) electrons. The lowest BCUT2D eigenvalue weighted by Crippen LogP contribution is -2.26. The van der Waals surface area contributed by atoms with E-state index in [9.17, 15) is 0 Å². The van der Waals surface area contributed by atoms with Gasteiger partial charge in [0.2, 0.25) is 0 Å². The molecule has 86 valence electrons. The van der Waals surface area contributed by atoms with Crippen LogP contribution in [0.1, 0.15) is 66.7 Å². The molecule has 0 spiro atoms. The Morgan fingerprint density at radius 1 is 1.14 bits per heavy atom. The van der Waals surface area contributed by atoms with Crippen LogP contribution >= 0.6 is 0 Å². The minimum Gasteiger partial charge on any atom is -0.375 e. The predicted molar refractivity (Wildman–Crippen MR) is 63.6 cm³/mol. The second kappa shape index (κ2) is 7.28. The summed E-state index contributed by atoms with van der Waals surface area (Å²) >= 11 is 0. The van der Waals surface area contributed by atoms with E-state index >= 15 is 0 Å². The first-order valence-corrected chi connectivity index (χ1v) is 6.19. The molecule has 0 saturated carbocycles. The second-order valence-electron chi connectivity index (χ2n) is 4.84. The maximum absolute atomic E-state index is 5.93. The first-order valence-electron chi connectivity index (χ1n) is 6.19. The van der Waals surface area contributed by atoms with Crippen molar-refractivity contribution in [2.75, 3.05) is 6.61 Å². The van der Waals surface area contributed by atoms with Crippen molar-refractivity contribution < 1.29 is 4.74 Å². The van der Waals surface area contributed by atoms with Crippen molar-refractivity contribution in [3.05, 3.63) is 0 Å². The van der Waals surface area contributed by atoms with Crippen molar-refractivity contribution in [3.63, 3.8) is 0 Å². The molecule has 0 N–H and O–H groups in total. The maximum Gasteiger partial charge on any atom is 0.0624 e. The van der Waals surface area contributed by atoms with E-state index in [2.05, 4.69) is 34.6 Å². The van der Waals surface area contributed by atoms with E-state index in [1.165, 1.54) is 25.7 Å². The molecule has 0 bridgehead atoms. The highest BCUT2D eigenvalue weighted by Gasteiger charge is 2.17. The van der Waals surface area contributed by atoms with Crippen molar-refractivity contribution in [1.82, 2.24) is 0 Å². The first-order chi connectivity index (χ1) is 6.55. The molecule has 0 rings (SSSR count). The summed E-state index contributed by atoms with van der Waals surface area (Å²) in [5.41, 5.74) is 0.0691. The molecule has 0 heterocycles. The average molecular weight is 200 g/mol. The highest BCUT2D eigenvalue weighted by atomic mass is 16.5. The van der Waals surface area contributed by atoms with Crippen LogP contribution in [0.25, 0.3) is 0 Å². The highest BCUT2D eigenvalue weighted by molar-refractivity contribution is 4.67. The average Bonchev–Trinajstić information content (AvgIpc) is 2.18. The fourth-order valence-corrected chi connectivity index (χ4v) is 1.34. The zero-order chi connectivity index (χ0) is 11.0. The Bertz CT molecular complexity index is 129. The highest BCUT2D eigenvalue weighted by Crippen LogP contribution is 2.19. The monoisotopic (exact) mass is 200 g/mol. The molecule has 0 aromatic carbocycles. The smallest absolute Gasteiger partial charge is 0.0624 e. The Morgan fingerprint density at radius 2 is 1.79 bits per heavy atom. The summed E-state index contributed by atoms with van der Waals surface area (Å²) in [6, 6.07) is 0. The van der Waals surface area contributed by atoms with Crippen molar-refractivity contribution in [1.29, 1.82) is 0 Å². The molecule has 0 saturated heterocycles. The summed E-state index contributed by atoms with van der Waals surface area (Å²) in [6.45, 7) is 12.0. The number of hydrogen-bond acceptors (Lipinski definition) is 1. The van der Waals surface area contributed by atoms with E-state index in [1.807, 2.05) is 0 Å². The number of ether oxygens (including phenoxy) is 1. The topological polar surface area (TPSA) is 9.23 Å². The maximum atomic E-state index is 5.93. The van der Waals surface area contributed by atoms with Crippen LogP contribution in [0, 0.1) is 5.92 Å². The van der Waals surface area contributed by atoms with Crippen molar-refractivity contribution in [3.8, 4) is 0 Å². The molecule has 0 aliphatic carbocycles. The largest absolute Gasteiger partial charge is 0.375 e. The Labute approximate surface area is 90.2 Å². The predicted octanol–water partition coefficient (Wildman–Crippen LogP) is 4.41. The van der Waals surface area contributed by atoms with Gasteiger partial charge in [-0.25, -0.2) is 0 Å². The van der Waals surface area contributed by atoms with E-state index in [0.29, 0.717) is 0 Å². The third-order valence-corrected chi connectivity index (χ3v) is 3.10. The van der Waals surface area contributed by atoms with Gasteiger partial charge >= 0.3 is 0 Å². The van der Waals surface area contributed by atoms with E-state index in [1.54, 1.807) is 0 Å². The summed E-state index contributed by atoms with van der Waals surface area (Å²) in [4.78, 5) is 0. The molecule has 0 aromatic heterocycles. The summed E-state index contributed by atoms with van der Waals surface area (Å²) < 4.78 is 5.93. The van der Waals surface area contributed by atoms with Gasteiger partial charge in [-0.15, -0.1) is 0 Å². The minimum atomic E-state index is 0.0691. The summed E-state index contributed by atoms with van der Waals surface area (Å²) in [5, 5.41) is 0. The molecule has 0 aliphatic rings. The number of unbranched alkanes of at least 4 members (excludes halogenated alkanes) is 1. The van der Waals surface area contributed by atoms with Crippen LogP contribution in [0.2, 0.25) is 0 Å². The lowest BCUT2D eigenvalue weighted by atomic mass is 9.99. The summed E-state index contributed by atoms with van der Waals surface area (Å²) in [5.74, 6) is 0.765. The van der Waals surface area contributed by atoms with Gasteiger partial charge in [0.05, 0.1) is 12.2 Å². The lowest BCUT2D eigenvalue weighted by Gasteiger charge is -2.26. The molecule has 1 heteroatoms. The van der Waals surface area contributed by atoms with E-state index in [-0.39, 0.29) is 5.60 Å². The van der Waals surface area contributed by atoms with Gasteiger partial charge in [-0.2, -0.15) is 0 Å². The van der Waals surface area contributed by atoms with E-state index in [4.69, 9.17) is 4.74 Å². The number of hydrogen-bond donors (Lipinski definition) is 0. The fourth-order valence-electron chi connectivity index (χ4n) is 1.34. The molecule has 0 amide bonds. The van der Waals surface area contributed by atoms with Crippen LogP contribution in [-0.2, 0) is 4.74 Å². The standard InChI is InChI=1S/C13H28O/c1-6-9-10-12(7-2)11-14-13(4,5)8-3/h12H,6-11H2,1-5H3. The second-order valence-corrected chi connectivity index (χ2v) is 4.84. The van der Waals surface area contributed by atoms with E-state index in [0.717, 1.165) is 18.9 Å². The van der Waals surface area contributed by atoms with Gasteiger partial charge < -0.3 is 4.74 Å². The van der Waals surface area contributed by atoms with Gasteiger partial charge in [-0.3, -0.25) is 0 Å². The molecular formula is C13H28O. The van der Waals surface area contributed by atoms with Gasteiger partial charge in [0, 0.05) is 0 Å². The van der Waals surface area contributed by atoms with Crippen LogP contribution < -0.4 is 0 Å². The Kier molecular flexibility index (Phi) is 7.26. The quantitative estimate of drug-likeness (QED) is 0.564. The van der Waals surface area contributed by atoms with Gasteiger partial charge in [0.1, 0.15) is 0 Å². The number of rotatable bonds is 8. The van der Waals surface area contributed by atoms with Crippen LogP contribution in [0.4, 0.5) is 0 Å². The molecule has 0 fully saturated rings. The van der Waals surface area contributed by atoms with Crippen LogP contribution in [0.5, 0.6) is 0 Å². The van der Waals surface area contributed by atoms with Crippen LogP contribution in [0.3, 0.4) is 0 Å². The molecule has 0 aliphatic heterocycles. The van der Waals surface area contributed by atoms with Crippen molar-refractivity contribution >= 4 is 0 Å². The molecule has 1 unspecified atom stereocenters. The molecule has 1 atom stereocenters.